The second-order valence-electron chi connectivity index (χ2n) is 5.20. The molecule has 0 bridgehead atoms. The van der Waals surface area contributed by atoms with Gasteiger partial charge in [-0.15, -0.1) is 0 Å². The summed E-state index contributed by atoms with van der Waals surface area (Å²) in [6.45, 7) is 4.35. The molecule has 0 radical (unpaired) electrons. The third-order valence-corrected chi connectivity index (χ3v) is 4.81. The van der Waals surface area contributed by atoms with Gasteiger partial charge in [0.05, 0.1) is 13.2 Å². The molecule has 1 atom stereocenters. The number of ether oxygens (including phenoxy) is 2. The summed E-state index contributed by atoms with van der Waals surface area (Å²) < 4.78 is 12.8. The zero-order chi connectivity index (χ0) is 12.5. The molecule has 1 aliphatic heterocycles. The maximum absolute atomic E-state index is 12.0. The van der Waals surface area contributed by atoms with Crippen LogP contribution in [-0.2, 0) is 28.9 Å². The third kappa shape index (κ3) is 2.39. The van der Waals surface area contributed by atoms with E-state index in [-0.39, 0.29) is 11.2 Å². The lowest BCUT2D eigenvalue weighted by Gasteiger charge is -2.19. The van der Waals surface area contributed by atoms with E-state index >= 15 is 0 Å². The van der Waals surface area contributed by atoms with Crippen molar-refractivity contribution in [2.75, 3.05) is 13.2 Å². The standard InChI is InChI=1S/C13H19NO3S/c1-9-2-3-10-11(8-9)18-13(15)14(10)5-4-12-16-6-7-17-12/h9,12H,2-8H2,1H3/t9-/m0/s1. The van der Waals surface area contributed by atoms with E-state index in [1.807, 2.05) is 4.57 Å². The van der Waals surface area contributed by atoms with Crippen LogP contribution in [0.25, 0.3) is 0 Å². The molecular weight excluding hydrogens is 250 g/mol. The van der Waals surface area contributed by atoms with E-state index in [1.165, 1.54) is 28.3 Å². The number of thiazole rings is 1. The quantitative estimate of drug-likeness (QED) is 0.840. The first kappa shape index (κ1) is 12.4. The normalized spacial score (nSPS) is 24.4. The maximum atomic E-state index is 12.0. The molecule has 1 saturated heterocycles. The second kappa shape index (κ2) is 5.15. The summed E-state index contributed by atoms with van der Waals surface area (Å²) in [6.07, 6.45) is 3.97. The lowest BCUT2D eigenvalue weighted by Crippen LogP contribution is -2.22. The van der Waals surface area contributed by atoms with Crippen LogP contribution in [-0.4, -0.2) is 24.1 Å². The van der Waals surface area contributed by atoms with Crippen LogP contribution in [0.5, 0.6) is 0 Å². The molecule has 2 aliphatic rings. The first-order valence-corrected chi connectivity index (χ1v) is 7.50. The van der Waals surface area contributed by atoms with Crippen LogP contribution in [0, 0.1) is 5.92 Å². The van der Waals surface area contributed by atoms with Gasteiger partial charge in [0, 0.05) is 23.5 Å². The van der Waals surface area contributed by atoms with Crippen LogP contribution >= 0.6 is 11.3 Å². The minimum atomic E-state index is -0.116. The molecule has 18 heavy (non-hydrogen) atoms. The molecule has 3 rings (SSSR count). The topological polar surface area (TPSA) is 40.5 Å². The fourth-order valence-corrected chi connectivity index (χ4v) is 3.97. The zero-order valence-corrected chi connectivity index (χ0v) is 11.5. The largest absolute Gasteiger partial charge is 0.350 e. The fourth-order valence-electron chi connectivity index (χ4n) is 2.75. The van der Waals surface area contributed by atoms with Crippen molar-refractivity contribution in [3.05, 3.63) is 20.2 Å². The van der Waals surface area contributed by atoms with Crippen molar-refractivity contribution in [1.29, 1.82) is 0 Å². The fraction of sp³-hybridized carbons (Fsp3) is 0.769. The van der Waals surface area contributed by atoms with E-state index < -0.39 is 0 Å². The molecule has 100 valence electrons. The molecule has 0 unspecified atom stereocenters. The lowest BCUT2D eigenvalue weighted by atomic mass is 9.93. The van der Waals surface area contributed by atoms with Crippen LogP contribution < -0.4 is 4.87 Å². The lowest BCUT2D eigenvalue weighted by molar-refractivity contribution is -0.0492. The van der Waals surface area contributed by atoms with Crippen molar-refractivity contribution in [2.24, 2.45) is 5.92 Å². The predicted molar refractivity (Wildman–Crippen MR) is 70.1 cm³/mol. The Hall–Kier alpha value is -0.650. The summed E-state index contributed by atoms with van der Waals surface area (Å²) >= 11 is 1.43. The molecule has 1 aromatic rings. The predicted octanol–water partition coefficient (Wildman–Crippen LogP) is 1.80. The Kier molecular flexibility index (Phi) is 3.54. The van der Waals surface area contributed by atoms with Crippen molar-refractivity contribution in [3.63, 3.8) is 0 Å². The highest BCUT2D eigenvalue weighted by Crippen LogP contribution is 2.27. The minimum absolute atomic E-state index is 0.116. The molecule has 1 aromatic heterocycles. The average Bonchev–Trinajstić information content (AvgIpc) is 2.93. The zero-order valence-electron chi connectivity index (χ0n) is 10.7. The third-order valence-electron chi connectivity index (χ3n) is 3.77. The Morgan fingerprint density at radius 3 is 2.94 bits per heavy atom. The smallest absolute Gasteiger partial charge is 0.307 e. The van der Waals surface area contributed by atoms with Gasteiger partial charge in [0.2, 0.25) is 0 Å². The first-order chi connectivity index (χ1) is 8.74. The van der Waals surface area contributed by atoms with Gasteiger partial charge in [-0.1, -0.05) is 18.3 Å². The molecule has 4 nitrogen and oxygen atoms in total. The van der Waals surface area contributed by atoms with Gasteiger partial charge in [0.1, 0.15) is 0 Å². The summed E-state index contributed by atoms with van der Waals surface area (Å²) in [5.74, 6) is 0.713. The Labute approximate surface area is 111 Å². The van der Waals surface area contributed by atoms with Gasteiger partial charge in [0.25, 0.3) is 0 Å². The van der Waals surface area contributed by atoms with Gasteiger partial charge in [-0.3, -0.25) is 4.79 Å². The first-order valence-electron chi connectivity index (χ1n) is 6.68. The van der Waals surface area contributed by atoms with E-state index in [0.29, 0.717) is 19.1 Å². The number of fused-ring (bicyclic) bond motifs is 1. The SMILES string of the molecule is C[C@H]1CCc2c(sc(=O)n2CCC2OCCO2)C1. The number of aromatic nitrogens is 1. The highest BCUT2D eigenvalue weighted by atomic mass is 32.1. The number of rotatable bonds is 3. The van der Waals surface area contributed by atoms with Crippen molar-refractivity contribution >= 4 is 11.3 Å². The van der Waals surface area contributed by atoms with Gasteiger partial charge in [0.15, 0.2) is 6.29 Å². The molecule has 1 aliphatic carbocycles. The summed E-state index contributed by atoms with van der Waals surface area (Å²) in [6, 6.07) is 0. The number of hydrogen-bond donors (Lipinski definition) is 0. The number of nitrogens with zero attached hydrogens (tertiary/aromatic N) is 1. The minimum Gasteiger partial charge on any atom is -0.350 e. The van der Waals surface area contributed by atoms with E-state index in [0.717, 1.165) is 25.8 Å². The summed E-state index contributed by atoms with van der Waals surface area (Å²) in [5.41, 5.74) is 1.26. The van der Waals surface area contributed by atoms with Crippen molar-refractivity contribution in [3.8, 4) is 0 Å². The Morgan fingerprint density at radius 1 is 1.39 bits per heavy atom. The van der Waals surface area contributed by atoms with Gasteiger partial charge in [-0.25, -0.2) is 0 Å². The molecule has 0 saturated carbocycles. The summed E-state index contributed by atoms with van der Waals surface area (Å²) in [4.78, 5) is 13.5. The highest BCUT2D eigenvalue weighted by molar-refractivity contribution is 7.09. The molecule has 0 spiro atoms. The monoisotopic (exact) mass is 269 g/mol. The molecule has 0 amide bonds. The van der Waals surface area contributed by atoms with E-state index in [9.17, 15) is 4.79 Å². The van der Waals surface area contributed by atoms with Gasteiger partial charge >= 0.3 is 4.87 Å². The average molecular weight is 269 g/mol. The van der Waals surface area contributed by atoms with Crippen LogP contribution in [0.4, 0.5) is 0 Å². The Bertz CT molecular complexity index is 473. The van der Waals surface area contributed by atoms with Crippen molar-refractivity contribution in [2.45, 2.75) is 45.4 Å². The van der Waals surface area contributed by atoms with Crippen LogP contribution in [0.2, 0.25) is 0 Å². The molecular formula is C13H19NO3S. The summed E-state index contributed by atoms with van der Waals surface area (Å²) in [7, 11) is 0. The van der Waals surface area contributed by atoms with E-state index in [2.05, 4.69) is 6.92 Å². The van der Waals surface area contributed by atoms with Crippen molar-refractivity contribution in [1.82, 2.24) is 4.57 Å². The van der Waals surface area contributed by atoms with E-state index in [4.69, 9.17) is 9.47 Å². The highest BCUT2D eigenvalue weighted by Gasteiger charge is 2.23. The Balaban J connectivity index is 1.73. The van der Waals surface area contributed by atoms with Crippen LogP contribution in [0.1, 0.15) is 30.3 Å². The Morgan fingerprint density at radius 2 is 2.17 bits per heavy atom. The second-order valence-corrected chi connectivity index (χ2v) is 6.24. The number of hydrogen-bond acceptors (Lipinski definition) is 4. The van der Waals surface area contributed by atoms with Gasteiger partial charge in [-0.2, -0.15) is 0 Å². The molecule has 0 aromatic carbocycles. The molecule has 5 heteroatoms. The van der Waals surface area contributed by atoms with Gasteiger partial charge < -0.3 is 14.0 Å². The summed E-state index contributed by atoms with van der Waals surface area (Å²) in [5, 5.41) is 0. The van der Waals surface area contributed by atoms with Crippen molar-refractivity contribution < 1.29 is 9.47 Å². The molecule has 2 heterocycles. The maximum Gasteiger partial charge on any atom is 0.307 e. The molecule has 1 fully saturated rings. The van der Waals surface area contributed by atoms with Crippen LogP contribution in [0.15, 0.2) is 4.79 Å². The van der Waals surface area contributed by atoms with E-state index in [1.54, 1.807) is 0 Å². The molecule has 0 N–H and O–H groups in total. The van der Waals surface area contributed by atoms with Crippen LogP contribution in [0.3, 0.4) is 0 Å². The van der Waals surface area contributed by atoms with Gasteiger partial charge in [-0.05, 0) is 25.2 Å².